The van der Waals surface area contributed by atoms with Gasteiger partial charge in [-0.1, -0.05) is 52.3 Å². The molecule has 0 spiro atoms. The standard InChI is InChI=1S/C30H46O5/c1-24(2)20-8-11-27(5)23(25(20,3)10-9-21(24)33)19(32)16-18-22-29(7,35)28(6,34)13-15-30(22,17-31)14-12-26(18,27)4/h13,15,17,19-21,23,32-35H,8-12,14,16H2,1-7H3/t19-,20?,21-,23?,25-,26+,27+,28-,29-,30-/m0/s1. The lowest BCUT2D eigenvalue weighted by atomic mass is 9.33. The third kappa shape index (κ3) is 2.82. The maximum absolute atomic E-state index is 12.6. The third-order valence-corrected chi connectivity index (χ3v) is 12.8. The topological polar surface area (TPSA) is 98.0 Å². The normalized spacial score (nSPS) is 57.0. The molecule has 0 radical (unpaired) electrons. The van der Waals surface area contributed by atoms with Gasteiger partial charge in [-0.2, -0.15) is 0 Å². The van der Waals surface area contributed by atoms with Crippen LogP contribution in [0.25, 0.3) is 0 Å². The quantitative estimate of drug-likeness (QED) is 0.327. The van der Waals surface area contributed by atoms with Crippen molar-refractivity contribution in [2.75, 3.05) is 0 Å². The monoisotopic (exact) mass is 486 g/mol. The van der Waals surface area contributed by atoms with Gasteiger partial charge in [-0.3, -0.25) is 0 Å². The lowest BCUT2D eigenvalue weighted by Crippen LogP contribution is -2.68. The van der Waals surface area contributed by atoms with Crippen molar-refractivity contribution in [2.24, 2.45) is 38.9 Å². The van der Waals surface area contributed by atoms with Crippen LogP contribution in [-0.2, 0) is 4.79 Å². The van der Waals surface area contributed by atoms with Crippen molar-refractivity contribution in [2.45, 2.75) is 117 Å². The molecule has 3 saturated carbocycles. The molecule has 3 fully saturated rings. The summed E-state index contributed by atoms with van der Waals surface area (Å²) in [4.78, 5) is 12.6. The van der Waals surface area contributed by atoms with Crippen LogP contribution in [0.3, 0.4) is 0 Å². The minimum Gasteiger partial charge on any atom is -0.393 e. The zero-order valence-electron chi connectivity index (χ0n) is 22.7. The number of allylic oxidation sites excluding steroid dienone is 1. The molecule has 0 aromatic carbocycles. The number of hydrogen-bond acceptors (Lipinski definition) is 5. The molecule has 5 heteroatoms. The predicted molar refractivity (Wildman–Crippen MR) is 135 cm³/mol. The first-order valence-electron chi connectivity index (χ1n) is 13.7. The first-order chi connectivity index (χ1) is 15.9. The molecule has 5 rings (SSSR count). The van der Waals surface area contributed by atoms with Crippen molar-refractivity contribution >= 4 is 6.29 Å². The summed E-state index contributed by atoms with van der Waals surface area (Å²) < 4.78 is 0. The lowest BCUT2D eigenvalue weighted by molar-refractivity contribution is -0.232. The van der Waals surface area contributed by atoms with E-state index in [4.69, 9.17) is 0 Å². The number of fused-ring (bicyclic) bond motifs is 6. The van der Waals surface area contributed by atoms with Crippen LogP contribution >= 0.6 is 0 Å². The minimum absolute atomic E-state index is 0.0585. The van der Waals surface area contributed by atoms with Crippen LogP contribution in [0.5, 0.6) is 0 Å². The van der Waals surface area contributed by atoms with Crippen LogP contribution in [0, 0.1) is 38.9 Å². The van der Waals surface area contributed by atoms with E-state index in [1.54, 1.807) is 26.0 Å². The Labute approximate surface area is 210 Å². The Morgan fingerprint density at radius 1 is 0.886 bits per heavy atom. The summed E-state index contributed by atoms with van der Waals surface area (Å²) in [5.41, 5.74) is -3.30. The number of aliphatic hydroxyl groups is 4. The van der Waals surface area contributed by atoms with E-state index >= 15 is 0 Å². The summed E-state index contributed by atoms with van der Waals surface area (Å²) in [6.07, 6.45) is 8.77. The van der Waals surface area contributed by atoms with Gasteiger partial charge in [-0.15, -0.1) is 0 Å². The van der Waals surface area contributed by atoms with Gasteiger partial charge < -0.3 is 25.2 Å². The zero-order valence-corrected chi connectivity index (χ0v) is 22.7. The molecule has 35 heavy (non-hydrogen) atoms. The first kappa shape index (κ1) is 25.6. The first-order valence-corrected chi connectivity index (χ1v) is 13.7. The minimum atomic E-state index is -1.61. The van der Waals surface area contributed by atoms with Gasteiger partial charge in [-0.25, -0.2) is 0 Å². The van der Waals surface area contributed by atoms with Gasteiger partial charge in [0.15, 0.2) is 0 Å². The lowest BCUT2D eigenvalue weighted by Gasteiger charge is -2.72. The second-order valence-electron chi connectivity index (χ2n) is 14.5. The molecule has 0 bridgehead atoms. The Bertz CT molecular complexity index is 1010. The van der Waals surface area contributed by atoms with Crippen LogP contribution in [0.1, 0.15) is 93.4 Å². The highest BCUT2D eigenvalue weighted by Crippen LogP contribution is 2.75. The summed E-state index contributed by atoms with van der Waals surface area (Å²) in [6, 6.07) is 0. The molecule has 4 N–H and O–H groups in total. The maximum atomic E-state index is 12.6. The molecule has 5 aliphatic rings. The number of hydrogen-bond donors (Lipinski definition) is 4. The molecule has 5 aliphatic carbocycles. The molecule has 196 valence electrons. The predicted octanol–water partition coefficient (Wildman–Crippen LogP) is 4.32. The van der Waals surface area contributed by atoms with Gasteiger partial charge >= 0.3 is 0 Å². The molecule has 0 aromatic heterocycles. The van der Waals surface area contributed by atoms with E-state index < -0.39 is 22.7 Å². The van der Waals surface area contributed by atoms with Gasteiger partial charge in [0.25, 0.3) is 0 Å². The van der Waals surface area contributed by atoms with Crippen molar-refractivity contribution in [3.05, 3.63) is 23.3 Å². The van der Waals surface area contributed by atoms with Crippen molar-refractivity contribution < 1.29 is 25.2 Å². The van der Waals surface area contributed by atoms with E-state index in [0.717, 1.165) is 44.0 Å². The Morgan fingerprint density at radius 2 is 1.54 bits per heavy atom. The smallest absolute Gasteiger partial charge is 0.134 e. The second-order valence-corrected chi connectivity index (χ2v) is 14.5. The Kier molecular flexibility index (Phi) is 5.19. The Hall–Kier alpha value is -1.01. The highest BCUT2D eigenvalue weighted by atomic mass is 16.4. The number of rotatable bonds is 1. The fourth-order valence-electron chi connectivity index (χ4n) is 10.3. The summed E-state index contributed by atoms with van der Waals surface area (Å²) in [6.45, 7) is 14.6. The number of carbonyl (C=O) groups is 1. The van der Waals surface area contributed by atoms with Crippen molar-refractivity contribution in [1.82, 2.24) is 0 Å². The summed E-state index contributed by atoms with van der Waals surface area (Å²) >= 11 is 0. The van der Waals surface area contributed by atoms with E-state index in [0.29, 0.717) is 24.3 Å². The van der Waals surface area contributed by atoms with Gasteiger partial charge in [-0.05, 0) is 97.9 Å². The van der Waals surface area contributed by atoms with Gasteiger partial charge in [0, 0.05) is 0 Å². The summed E-state index contributed by atoms with van der Waals surface area (Å²) in [7, 11) is 0. The highest BCUT2D eigenvalue weighted by Gasteiger charge is 2.71. The van der Waals surface area contributed by atoms with Crippen LogP contribution in [0.15, 0.2) is 23.3 Å². The molecule has 2 unspecified atom stereocenters. The number of aldehydes is 1. The largest absolute Gasteiger partial charge is 0.393 e. The van der Waals surface area contributed by atoms with E-state index in [9.17, 15) is 25.2 Å². The number of carbonyl (C=O) groups excluding carboxylic acids is 1. The van der Waals surface area contributed by atoms with E-state index in [1.165, 1.54) is 0 Å². The molecule has 5 nitrogen and oxygen atoms in total. The Balaban J connectivity index is 1.72. The van der Waals surface area contributed by atoms with Crippen LogP contribution in [0.2, 0.25) is 0 Å². The van der Waals surface area contributed by atoms with Crippen LogP contribution in [-0.4, -0.2) is 50.1 Å². The summed E-state index contributed by atoms with van der Waals surface area (Å²) in [5.74, 6) is 0.381. The van der Waals surface area contributed by atoms with E-state index in [2.05, 4.69) is 34.6 Å². The van der Waals surface area contributed by atoms with Gasteiger partial charge in [0.05, 0.1) is 17.6 Å². The molecule has 0 aromatic rings. The van der Waals surface area contributed by atoms with E-state index in [1.807, 2.05) is 0 Å². The highest BCUT2D eigenvalue weighted by molar-refractivity contribution is 5.74. The molecule has 0 heterocycles. The molecule has 0 saturated heterocycles. The molecular weight excluding hydrogens is 440 g/mol. The van der Waals surface area contributed by atoms with Crippen LogP contribution in [0.4, 0.5) is 0 Å². The zero-order chi connectivity index (χ0) is 26.0. The van der Waals surface area contributed by atoms with Crippen molar-refractivity contribution in [1.29, 1.82) is 0 Å². The average Bonchev–Trinajstić information content (AvgIpc) is 2.75. The summed E-state index contributed by atoms with van der Waals surface area (Å²) in [5, 5.41) is 45.9. The number of aliphatic hydroxyl groups excluding tert-OH is 2. The fourth-order valence-corrected chi connectivity index (χ4v) is 10.3. The maximum Gasteiger partial charge on any atom is 0.134 e. The molecule has 0 amide bonds. The average molecular weight is 487 g/mol. The third-order valence-electron chi connectivity index (χ3n) is 12.8. The Morgan fingerprint density at radius 3 is 2.17 bits per heavy atom. The SMILES string of the molecule is CC1(C)C2CC[C@]3(C)C([C@@H](O)CC4=C5[C@](C=O)(C=C[C@](C)(O)[C@@]5(C)O)CC[C@]43C)[C@@]2(C)CC[C@@H]1O. The van der Waals surface area contributed by atoms with Crippen LogP contribution < -0.4 is 0 Å². The van der Waals surface area contributed by atoms with Gasteiger partial charge in [0.1, 0.15) is 17.5 Å². The van der Waals surface area contributed by atoms with Crippen molar-refractivity contribution in [3.63, 3.8) is 0 Å². The molecule has 0 aliphatic heterocycles. The second kappa shape index (κ2) is 7.09. The van der Waals surface area contributed by atoms with E-state index in [-0.39, 0.29) is 33.7 Å². The van der Waals surface area contributed by atoms with Gasteiger partial charge in [0.2, 0.25) is 0 Å². The molecular formula is C30H46O5. The fraction of sp³-hybridized carbons (Fsp3) is 0.833. The molecule has 10 atom stereocenters. The van der Waals surface area contributed by atoms with Crippen molar-refractivity contribution in [3.8, 4) is 0 Å².